The Kier molecular flexibility index (Phi) is 11.8. The van der Waals surface area contributed by atoms with Crippen molar-refractivity contribution in [1.82, 2.24) is 0 Å². The van der Waals surface area contributed by atoms with E-state index in [1.54, 1.807) is 12.1 Å². The molecule has 0 aliphatic heterocycles. The zero-order chi connectivity index (χ0) is 23.9. The fraction of sp³-hybridized carbons (Fsp3) is 0.200. The second kappa shape index (κ2) is 14.3. The van der Waals surface area contributed by atoms with Gasteiger partial charge in [-0.15, -0.1) is 0 Å². The molecule has 169 valence electrons. The number of carbonyl (C=O) groups is 2. The van der Waals surface area contributed by atoms with Gasteiger partial charge in [0.2, 0.25) is 0 Å². The molecule has 0 aliphatic rings. The molecule has 0 unspecified atom stereocenters. The molecule has 12 heteroatoms. The normalized spacial score (nSPS) is 10.5. The van der Waals surface area contributed by atoms with E-state index in [1.165, 1.54) is 36.7 Å². The summed E-state index contributed by atoms with van der Waals surface area (Å²) in [5.41, 5.74) is 0.882. The molecule has 0 atom stereocenters. The molecule has 0 fully saturated rings. The Morgan fingerprint density at radius 3 is 1.47 bits per heavy atom. The van der Waals surface area contributed by atoms with Crippen LogP contribution in [-0.4, -0.2) is 71.1 Å². The summed E-state index contributed by atoms with van der Waals surface area (Å²) in [6, 6.07) is 8.74. The van der Waals surface area contributed by atoms with E-state index < -0.39 is 25.2 Å². The molecule has 2 rings (SSSR count). The molecule has 0 saturated heterocycles. The van der Waals surface area contributed by atoms with Crippen LogP contribution in [0.5, 0.6) is 23.0 Å². The molecular weight excluding hydrogens is 463 g/mol. The Labute approximate surface area is 191 Å². The summed E-state index contributed by atoms with van der Waals surface area (Å²) in [4.78, 5) is 29.2. The first-order valence-electron chi connectivity index (χ1n) is 8.88. The first-order valence-corrected chi connectivity index (χ1v) is 9.45. The molecule has 0 aromatic heterocycles. The van der Waals surface area contributed by atoms with Crippen LogP contribution in [0.25, 0.3) is 0 Å². The predicted molar refractivity (Wildman–Crippen MR) is 108 cm³/mol. The molecule has 2 aromatic rings. The van der Waals surface area contributed by atoms with Crippen molar-refractivity contribution >= 4 is 24.4 Å². The Morgan fingerprint density at radius 1 is 0.781 bits per heavy atom. The second-order valence-corrected chi connectivity index (χ2v) is 5.88. The van der Waals surface area contributed by atoms with E-state index in [0.29, 0.717) is 24.2 Å². The number of rotatable bonds is 11. The molecule has 0 radical (unpaired) electrons. The van der Waals surface area contributed by atoms with Crippen LogP contribution in [0.2, 0.25) is 0 Å². The number of carboxylic acids is 2. The summed E-state index contributed by atoms with van der Waals surface area (Å²) in [5, 5.41) is 37.0. The van der Waals surface area contributed by atoms with Crippen molar-refractivity contribution in [3.8, 4) is 23.0 Å². The summed E-state index contributed by atoms with van der Waals surface area (Å²) in [6.07, 6.45) is 2.91. The van der Waals surface area contributed by atoms with E-state index in [2.05, 4.69) is 9.98 Å². The number of phenolic OH excluding ortho intramolecular Hbond substituents is 2. The SMILES string of the molecule is O=C(O)COc1ccc(C=NCCN=Cc2ccc(OCC(=O)O)cc2O)c(O)c1.[O]=[V]. The van der Waals surface area contributed by atoms with Crippen molar-refractivity contribution in [1.29, 1.82) is 0 Å². The summed E-state index contributed by atoms with van der Waals surface area (Å²) in [5.74, 6) is -1.96. The molecule has 0 saturated carbocycles. The number of nitrogens with zero attached hydrogens (tertiary/aromatic N) is 2. The maximum absolute atomic E-state index is 10.5. The molecule has 0 heterocycles. The number of aromatic hydroxyl groups is 2. The average molecular weight is 483 g/mol. The van der Waals surface area contributed by atoms with E-state index in [9.17, 15) is 19.8 Å². The summed E-state index contributed by atoms with van der Waals surface area (Å²) < 4.78 is 18.1. The fourth-order valence-corrected chi connectivity index (χ4v) is 2.18. The van der Waals surface area contributed by atoms with Gasteiger partial charge in [-0.1, -0.05) is 0 Å². The van der Waals surface area contributed by atoms with Gasteiger partial charge in [-0.2, -0.15) is 0 Å². The molecule has 11 nitrogen and oxygen atoms in total. The first-order chi connectivity index (χ1) is 15.3. The molecule has 0 spiro atoms. The number of hydrogen-bond acceptors (Lipinski definition) is 9. The number of ether oxygens (including phenoxy) is 2. The molecule has 0 bridgehead atoms. The van der Waals surface area contributed by atoms with Crippen molar-refractivity contribution in [3.63, 3.8) is 0 Å². The molecule has 32 heavy (non-hydrogen) atoms. The van der Waals surface area contributed by atoms with Gasteiger partial charge in [-0.05, 0) is 24.3 Å². The quantitative estimate of drug-likeness (QED) is 0.272. The Hall–Kier alpha value is -3.70. The monoisotopic (exact) mass is 483 g/mol. The Bertz CT molecular complexity index is 902. The third-order valence-corrected chi connectivity index (χ3v) is 3.55. The van der Waals surface area contributed by atoms with Crippen molar-refractivity contribution in [2.75, 3.05) is 26.3 Å². The summed E-state index contributed by atoms with van der Waals surface area (Å²) >= 11 is 1.06. The van der Waals surface area contributed by atoms with Crippen LogP contribution in [0.4, 0.5) is 0 Å². The number of hydrogen-bond donors (Lipinski definition) is 4. The van der Waals surface area contributed by atoms with Crippen molar-refractivity contribution in [3.05, 3.63) is 47.5 Å². The summed E-state index contributed by atoms with van der Waals surface area (Å²) in [6.45, 7) is -0.349. The van der Waals surface area contributed by atoms with Gasteiger partial charge < -0.3 is 29.9 Å². The first kappa shape index (κ1) is 26.3. The van der Waals surface area contributed by atoms with Gasteiger partial charge in [0.25, 0.3) is 0 Å². The van der Waals surface area contributed by atoms with Gasteiger partial charge in [0.15, 0.2) is 13.2 Å². The standard InChI is InChI=1S/C20H20N2O8.O.V/c23-17-7-15(29-11-19(25)26)3-1-13(17)9-21-5-6-22-10-14-2-4-16(8-18(14)24)30-12-20(27)28;;/h1-4,7-10,23-24H,5-6,11-12H2,(H,25,26)(H,27,28);;. The molecule has 2 aromatic carbocycles. The summed E-state index contributed by atoms with van der Waals surface area (Å²) in [7, 11) is 0. The van der Waals surface area contributed by atoms with Crippen LogP contribution in [0.3, 0.4) is 0 Å². The number of aliphatic carboxylic acids is 2. The Morgan fingerprint density at radius 2 is 1.16 bits per heavy atom. The minimum atomic E-state index is -1.11. The predicted octanol–water partition coefficient (Wildman–Crippen LogP) is 1.44. The van der Waals surface area contributed by atoms with E-state index in [-0.39, 0.29) is 23.0 Å². The van der Waals surface area contributed by atoms with Gasteiger partial charge in [0, 0.05) is 35.7 Å². The van der Waals surface area contributed by atoms with Gasteiger partial charge in [0.05, 0.1) is 13.1 Å². The number of benzene rings is 2. The van der Waals surface area contributed by atoms with E-state index in [1.807, 2.05) is 0 Å². The van der Waals surface area contributed by atoms with Crippen LogP contribution in [-0.2, 0) is 30.6 Å². The molecular formula is C20H20N2O9V. The topological polar surface area (TPSA) is 175 Å². The zero-order valence-electron chi connectivity index (χ0n) is 16.6. The third kappa shape index (κ3) is 9.87. The Balaban J connectivity index is 0.00000249. The van der Waals surface area contributed by atoms with Crippen molar-refractivity contribution < 1.29 is 60.5 Å². The molecule has 0 aliphatic carbocycles. The van der Waals surface area contributed by atoms with Crippen LogP contribution >= 0.6 is 0 Å². The van der Waals surface area contributed by atoms with E-state index >= 15 is 0 Å². The van der Waals surface area contributed by atoms with Crippen LogP contribution in [0, 0.1) is 0 Å². The number of carboxylic acid groups (broad SMARTS) is 2. The fourth-order valence-electron chi connectivity index (χ4n) is 2.18. The van der Waals surface area contributed by atoms with Gasteiger partial charge in [-0.3, -0.25) is 9.98 Å². The van der Waals surface area contributed by atoms with Crippen molar-refractivity contribution in [2.45, 2.75) is 0 Å². The van der Waals surface area contributed by atoms with Crippen molar-refractivity contribution in [2.24, 2.45) is 9.98 Å². The number of aliphatic imine (C=N–C) groups is 2. The van der Waals surface area contributed by atoms with Gasteiger partial charge in [0.1, 0.15) is 23.0 Å². The third-order valence-electron chi connectivity index (χ3n) is 3.55. The average Bonchev–Trinajstić information content (AvgIpc) is 2.76. The zero-order valence-corrected chi connectivity index (χ0v) is 18.0. The van der Waals surface area contributed by atoms with Crippen LogP contribution < -0.4 is 9.47 Å². The van der Waals surface area contributed by atoms with Gasteiger partial charge in [-0.25, -0.2) is 9.59 Å². The molecule has 4 N–H and O–H groups in total. The van der Waals surface area contributed by atoms with Crippen LogP contribution in [0.15, 0.2) is 46.4 Å². The van der Waals surface area contributed by atoms with Crippen LogP contribution in [0.1, 0.15) is 11.1 Å². The number of phenols is 2. The van der Waals surface area contributed by atoms with E-state index in [0.717, 1.165) is 17.4 Å². The second-order valence-electron chi connectivity index (χ2n) is 5.88. The van der Waals surface area contributed by atoms with E-state index in [4.69, 9.17) is 23.4 Å². The van der Waals surface area contributed by atoms with Gasteiger partial charge >= 0.3 is 33.0 Å². The molecule has 0 amide bonds. The maximum atomic E-state index is 10.5. The minimum absolute atomic E-state index is 0.0970.